The molecule has 1 saturated heterocycles. The van der Waals surface area contributed by atoms with E-state index in [9.17, 15) is 13.2 Å². The first-order valence-electron chi connectivity index (χ1n) is 11.1. The van der Waals surface area contributed by atoms with E-state index in [1.807, 2.05) is 30.3 Å². The van der Waals surface area contributed by atoms with Crippen LogP contribution in [-0.2, 0) is 21.2 Å². The predicted octanol–water partition coefficient (Wildman–Crippen LogP) is 3.81. The van der Waals surface area contributed by atoms with E-state index in [-0.39, 0.29) is 24.0 Å². The van der Waals surface area contributed by atoms with Crippen LogP contribution in [0.4, 0.5) is 0 Å². The number of amides is 1. The van der Waals surface area contributed by atoms with Crippen molar-refractivity contribution in [3.8, 4) is 17.2 Å². The van der Waals surface area contributed by atoms with E-state index < -0.39 is 22.0 Å². The molecule has 1 aliphatic heterocycles. The highest BCUT2D eigenvalue weighted by Crippen LogP contribution is 2.30. The minimum absolute atomic E-state index is 0.0398. The Morgan fingerprint density at radius 3 is 2.24 bits per heavy atom. The lowest BCUT2D eigenvalue weighted by Crippen LogP contribution is -2.46. The number of hydrogen-bond acceptors (Lipinski definition) is 6. The molecule has 3 rings (SSSR count). The molecule has 8 heteroatoms. The number of carbonyl (C=O) groups is 1. The molecular formula is C25H33NO6S. The maximum absolute atomic E-state index is 13.5. The van der Waals surface area contributed by atoms with Gasteiger partial charge in [-0.05, 0) is 54.7 Å². The van der Waals surface area contributed by atoms with Crippen molar-refractivity contribution in [2.45, 2.75) is 51.8 Å². The fourth-order valence-corrected chi connectivity index (χ4v) is 5.73. The maximum Gasteiger partial charge on any atom is 0.263 e. The molecule has 1 aliphatic rings. The molecule has 0 aromatic heterocycles. The van der Waals surface area contributed by atoms with Crippen molar-refractivity contribution in [2.75, 3.05) is 25.7 Å². The average molecular weight is 476 g/mol. The van der Waals surface area contributed by atoms with E-state index in [1.54, 1.807) is 38.2 Å². The number of nitrogens with zero attached hydrogens (tertiary/aromatic N) is 1. The van der Waals surface area contributed by atoms with Crippen LogP contribution >= 0.6 is 0 Å². The molecule has 0 N–H and O–H groups in total. The highest BCUT2D eigenvalue weighted by atomic mass is 32.2. The van der Waals surface area contributed by atoms with Crippen LogP contribution in [0, 0.1) is 0 Å². The van der Waals surface area contributed by atoms with Gasteiger partial charge in [0.2, 0.25) is 0 Å². The maximum atomic E-state index is 13.5. The van der Waals surface area contributed by atoms with Gasteiger partial charge in [-0.1, -0.05) is 32.0 Å². The van der Waals surface area contributed by atoms with Gasteiger partial charge < -0.3 is 19.1 Å². The topological polar surface area (TPSA) is 82.1 Å². The Hall–Kier alpha value is -2.74. The van der Waals surface area contributed by atoms with Crippen molar-refractivity contribution in [3.63, 3.8) is 0 Å². The van der Waals surface area contributed by atoms with Crippen molar-refractivity contribution in [2.24, 2.45) is 0 Å². The fraction of sp³-hybridized carbons (Fsp3) is 0.480. The molecule has 2 aromatic rings. The summed E-state index contributed by atoms with van der Waals surface area (Å²) in [7, 11) is -0.0576. The molecule has 0 saturated carbocycles. The molecule has 2 aromatic carbocycles. The van der Waals surface area contributed by atoms with E-state index >= 15 is 0 Å². The van der Waals surface area contributed by atoms with E-state index in [0.717, 1.165) is 5.56 Å². The zero-order chi connectivity index (χ0) is 24.2. The molecule has 2 unspecified atom stereocenters. The highest BCUT2D eigenvalue weighted by Gasteiger charge is 2.36. The highest BCUT2D eigenvalue weighted by molar-refractivity contribution is 7.91. The van der Waals surface area contributed by atoms with Crippen molar-refractivity contribution >= 4 is 15.7 Å². The Labute approximate surface area is 196 Å². The molecular weight excluding hydrogens is 442 g/mol. The molecule has 2 atom stereocenters. The Morgan fingerprint density at radius 1 is 1.03 bits per heavy atom. The Bertz CT molecular complexity index is 1060. The van der Waals surface area contributed by atoms with Crippen LogP contribution in [0.25, 0.3) is 0 Å². The first kappa shape index (κ1) is 24.9. The van der Waals surface area contributed by atoms with Gasteiger partial charge in [0.05, 0.1) is 25.7 Å². The lowest BCUT2D eigenvalue weighted by molar-refractivity contribution is -0.140. The number of methoxy groups -OCH3 is 2. The Morgan fingerprint density at radius 2 is 1.70 bits per heavy atom. The van der Waals surface area contributed by atoms with Crippen molar-refractivity contribution in [3.05, 3.63) is 53.6 Å². The summed E-state index contributed by atoms with van der Waals surface area (Å²) in [6.45, 7) is 6.18. The standard InChI is InChI=1S/C25H33NO6S/c1-17(2)20-7-9-22(10-8-20)32-18(3)25(27)26(21-12-13-33(28,29)16-21)15-19-6-11-23(30-4)24(14-19)31-5/h6-11,14,17-18,21H,12-13,15-16H2,1-5H3. The molecule has 0 bridgehead atoms. The molecule has 1 fully saturated rings. The second-order valence-electron chi connectivity index (χ2n) is 8.70. The van der Waals surface area contributed by atoms with Crippen LogP contribution in [0.1, 0.15) is 44.2 Å². The molecule has 1 amide bonds. The van der Waals surface area contributed by atoms with E-state index in [2.05, 4.69) is 13.8 Å². The molecule has 33 heavy (non-hydrogen) atoms. The molecule has 1 heterocycles. The zero-order valence-corrected chi connectivity index (χ0v) is 20.7. The smallest absolute Gasteiger partial charge is 0.263 e. The van der Waals surface area contributed by atoms with Crippen LogP contribution in [-0.4, -0.2) is 57.1 Å². The van der Waals surface area contributed by atoms with Gasteiger partial charge in [0.1, 0.15) is 5.75 Å². The lowest BCUT2D eigenvalue weighted by atomic mass is 10.0. The summed E-state index contributed by atoms with van der Waals surface area (Å²) in [5.41, 5.74) is 2.01. The Balaban J connectivity index is 1.82. The number of rotatable bonds is 9. The first-order valence-corrected chi connectivity index (χ1v) is 12.9. The van der Waals surface area contributed by atoms with E-state index in [1.165, 1.54) is 5.56 Å². The fourth-order valence-electron chi connectivity index (χ4n) is 4.00. The zero-order valence-electron chi connectivity index (χ0n) is 19.9. The van der Waals surface area contributed by atoms with Crippen LogP contribution in [0.3, 0.4) is 0 Å². The number of benzene rings is 2. The van der Waals surface area contributed by atoms with Gasteiger partial charge in [0, 0.05) is 12.6 Å². The van der Waals surface area contributed by atoms with Gasteiger partial charge in [0.25, 0.3) is 5.91 Å². The van der Waals surface area contributed by atoms with Crippen molar-refractivity contribution in [1.29, 1.82) is 0 Å². The number of hydrogen-bond donors (Lipinski definition) is 0. The third kappa shape index (κ3) is 6.19. The van der Waals surface area contributed by atoms with Gasteiger partial charge in [-0.2, -0.15) is 0 Å². The second-order valence-corrected chi connectivity index (χ2v) is 10.9. The summed E-state index contributed by atoms with van der Waals surface area (Å²) in [5.74, 6) is 1.94. The second kappa shape index (κ2) is 10.5. The number of ether oxygens (including phenoxy) is 3. The van der Waals surface area contributed by atoms with Crippen molar-refractivity contribution in [1.82, 2.24) is 4.90 Å². The third-order valence-corrected chi connectivity index (χ3v) is 7.69. The normalized spacial score (nSPS) is 18.1. The molecule has 180 valence electrons. The van der Waals surface area contributed by atoms with Crippen LogP contribution in [0.15, 0.2) is 42.5 Å². The Kier molecular flexibility index (Phi) is 7.89. The van der Waals surface area contributed by atoms with Gasteiger partial charge in [-0.25, -0.2) is 8.42 Å². The summed E-state index contributed by atoms with van der Waals surface area (Å²) in [6, 6.07) is 12.7. The SMILES string of the molecule is COc1ccc(CN(C(=O)C(C)Oc2ccc(C(C)C)cc2)C2CCS(=O)(=O)C2)cc1OC. The summed E-state index contributed by atoms with van der Waals surface area (Å²) in [6.07, 6.45) is -0.352. The minimum Gasteiger partial charge on any atom is -0.493 e. The third-order valence-electron chi connectivity index (χ3n) is 5.94. The summed E-state index contributed by atoms with van der Waals surface area (Å²) < 4.78 is 40.9. The van der Waals surface area contributed by atoms with Gasteiger partial charge >= 0.3 is 0 Å². The monoisotopic (exact) mass is 475 g/mol. The van der Waals surface area contributed by atoms with Crippen molar-refractivity contribution < 1.29 is 27.4 Å². The van der Waals surface area contributed by atoms with E-state index in [0.29, 0.717) is 29.6 Å². The minimum atomic E-state index is -3.17. The summed E-state index contributed by atoms with van der Waals surface area (Å²) in [4.78, 5) is 15.1. The number of sulfone groups is 1. The quantitative estimate of drug-likeness (QED) is 0.549. The molecule has 0 aliphatic carbocycles. The molecule has 7 nitrogen and oxygen atoms in total. The van der Waals surface area contributed by atoms with Gasteiger partial charge in [-0.15, -0.1) is 0 Å². The van der Waals surface area contributed by atoms with Gasteiger partial charge in [0.15, 0.2) is 27.4 Å². The predicted molar refractivity (Wildman–Crippen MR) is 128 cm³/mol. The lowest BCUT2D eigenvalue weighted by Gasteiger charge is -2.31. The summed E-state index contributed by atoms with van der Waals surface area (Å²) in [5, 5.41) is 0. The van der Waals surface area contributed by atoms with Crippen LogP contribution < -0.4 is 14.2 Å². The van der Waals surface area contributed by atoms with Crippen LogP contribution in [0.5, 0.6) is 17.2 Å². The van der Waals surface area contributed by atoms with Gasteiger partial charge in [-0.3, -0.25) is 4.79 Å². The number of carbonyl (C=O) groups excluding carboxylic acids is 1. The molecule has 0 radical (unpaired) electrons. The largest absolute Gasteiger partial charge is 0.493 e. The average Bonchev–Trinajstić information content (AvgIpc) is 3.16. The first-order chi connectivity index (χ1) is 15.6. The van der Waals surface area contributed by atoms with Crippen LogP contribution in [0.2, 0.25) is 0 Å². The van der Waals surface area contributed by atoms with E-state index in [4.69, 9.17) is 14.2 Å². The summed E-state index contributed by atoms with van der Waals surface area (Å²) >= 11 is 0. The molecule has 0 spiro atoms.